The standard InChI is InChI=1S/C18H24N4O/c1-12-8-13(2)18(14(3)9-12)19-16(23)11-21-6-5-7-22-17(21)10-15(4)20-22/h8-10H,5-7,11H2,1-4H3,(H,19,23). The van der Waals surface area contributed by atoms with E-state index in [1.165, 1.54) is 5.56 Å². The highest BCUT2D eigenvalue weighted by atomic mass is 16.2. The quantitative estimate of drug-likeness (QED) is 0.948. The maximum atomic E-state index is 12.5. The third-order valence-corrected chi connectivity index (χ3v) is 4.28. The fourth-order valence-electron chi connectivity index (χ4n) is 3.37. The van der Waals surface area contributed by atoms with Crippen LogP contribution < -0.4 is 10.2 Å². The molecule has 1 aromatic carbocycles. The van der Waals surface area contributed by atoms with Crippen LogP contribution in [0.25, 0.3) is 0 Å². The molecule has 0 saturated heterocycles. The summed E-state index contributed by atoms with van der Waals surface area (Å²) in [5, 5.41) is 7.55. The van der Waals surface area contributed by atoms with E-state index in [4.69, 9.17) is 0 Å². The van der Waals surface area contributed by atoms with Crippen LogP contribution in [0.4, 0.5) is 11.5 Å². The molecule has 23 heavy (non-hydrogen) atoms. The molecule has 0 saturated carbocycles. The predicted molar refractivity (Wildman–Crippen MR) is 93.1 cm³/mol. The van der Waals surface area contributed by atoms with Crippen molar-refractivity contribution in [1.82, 2.24) is 9.78 Å². The molecule has 1 amide bonds. The first-order valence-corrected chi connectivity index (χ1v) is 8.11. The van der Waals surface area contributed by atoms with Gasteiger partial charge in [-0.2, -0.15) is 5.10 Å². The van der Waals surface area contributed by atoms with Gasteiger partial charge < -0.3 is 10.2 Å². The number of benzene rings is 1. The highest BCUT2D eigenvalue weighted by Crippen LogP contribution is 2.24. The molecule has 5 heteroatoms. The Morgan fingerprint density at radius 2 is 1.83 bits per heavy atom. The Balaban J connectivity index is 1.74. The topological polar surface area (TPSA) is 50.2 Å². The highest BCUT2D eigenvalue weighted by Gasteiger charge is 2.21. The molecule has 0 aliphatic carbocycles. The van der Waals surface area contributed by atoms with Crippen LogP contribution in [0.5, 0.6) is 0 Å². The minimum absolute atomic E-state index is 0.0207. The number of anilines is 2. The fraction of sp³-hybridized carbons (Fsp3) is 0.444. The van der Waals surface area contributed by atoms with Gasteiger partial charge >= 0.3 is 0 Å². The zero-order valence-corrected chi connectivity index (χ0v) is 14.3. The SMILES string of the molecule is Cc1cc(C)c(NC(=O)CN2CCCn3nc(C)cc32)c(C)c1. The van der Waals surface area contributed by atoms with Crippen molar-refractivity contribution in [3.05, 3.63) is 40.6 Å². The molecule has 1 aliphatic rings. The monoisotopic (exact) mass is 312 g/mol. The molecule has 0 atom stereocenters. The molecule has 1 aromatic heterocycles. The third kappa shape index (κ3) is 3.23. The van der Waals surface area contributed by atoms with Crippen molar-refractivity contribution < 1.29 is 4.79 Å². The average molecular weight is 312 g/mol. The van der Waals surface area contributed by atoms with Gasteiger partial charge in [0.25, 0.3) is 0 Å². The number of hydrogen-bond acceptors (Lipinski definition) is 3. The van der Waals surface area contributed by atoms with Crippen LogP contribution in [-0.4, -0.2) is 28.8 Å². The van der Waals surface area contributed by atoms with Gasteiger partial charge in [0.05, 0.1) is 12.2 Å². The minimum atomic E-state index is 0.0207. The summed E-state index contributed by atoms with van der Waals surface area (Å²) in [4.78, 5) is 14.6. The van der Waals surface area contributed by atoms with Crippen molar-refractivity contribution in [2.75, 3.05) is 23.3 Å². The summed E-state index contributed by atoms with van der Waals surface area (Å²) in [7, 11) is 0. The van der Waals surface area contributed by atoms with Crippen LogP contribution in [0.2, 0.25) is 0 Å². The Labute approximate surface area is 137 Å². The highest BCUT2D eigenvalue weighted by molar-refractivity contribution is 5.95. The number of aryl methyl sites for hydroxylation is 5. The first-order chi connectivity index (χ1) is 10.9. The van der Waals surface area contributed by atoms with Crippen molar-refractivity contribution in [3.63, 3.8) is 0 Å². The maximum Gasteiger partial charge on any atom is 0.243 e. The molecule has 0 radical (unpaired) electrons. The Kier molecular flexibility index (Phi) is 4.11. The van der Waals surface area contributed by atoms with Gasteiger partial charge in [0.1, 0.15) is 5.82 Å². The van der Waals surface area contributed by atoms with Gasteiger partial charge in [-0.25, -0.2) is 4.68 Å². The zero-order chi connectivity index (χ0) is 16.6. The van der Waals surface area contributed by atoms with E-state index in [1.54, 1.807) is 0 Å². The summed E-state index contributed by atoms with van der Waals surface area (Å²) in [5.74, 6) is 1.06. The van der Waals surface area contributed by atoms with E-state index in [0.29, 0.717) is 6.54 Å². The number of nitrogens with one attached hydrogen (secondary N) is 1. The van der Waals surface area contributed by atoms with E-state index < -0.39 is 0 Å². The van der Waals surface area contributed by atoms with Crippen molar-refractivity contribution in [2.24, 2.45) is 0 Å². The van der Waals surface area contributed by atoms with Crippen molar-refractivity contribution in [2.45, 2.75) is 40.7 Å². The van der Waals surface area contributed by atoms with Crippen LogP contribution in [0.1, 0.15) is 28.8 Å². The lowest BCUT2D eigenvalue weighted by molar-refractivity contribution is -0.115. The lowest BCUT2D eigenvalue weighted by atomic mass is 10.1. The summed E-state index contributed by atoms with van der Waals surface area (Å²) < 4.78 is 1.99. The molecule has 1 N–H and O–H groups in total. The van der Waals surface area contributed by atoms with Gasteiger partial charge in [0.2, 0.25) is 5.91 Å². The molecular formula is C18H24N4O. The molecule has 0 spiro atoms. The Morgan fingerprint density at radius 3 is 2.52 bits per heavy atom. The van der Waals surface area contributed by atoms with Crippen molar-refractivity contribution in [3.8, 4) is 0 Å². The molecule has 0 unspecified atom stereocenters. The molecule has 5 nitrogen and oxygen atoms in total. The molecular weight excluding hydrogens is 288 g/mol. The second kappa shape index (κ2) is 6.07. The number of fused-ring (bicyclic) bond motifs is 1. The molecule has 122 valence electrons. The molecule has 2 aromatic rings. The third-order valence-electron chi connectivity index (χ3n) is 4.28. The summed E-state index contributed by atoms with van der Waals surface area (Å²) >= 11 is 0. The van der Waals surface area contributed by atoms with E-state index in [2.05, 4.69) is 40.4 Å². The second-order valence-electron chi connectivity index (χ2n) is 6.46. The van der Waals surface area contributed by atoms with E-state index in [-0.39, 0.29) is 5.91 Å². The van der Waals surface area contributed by atoms with Gasteiger partial charge in [0.15, 0.2) is 0 Å². The van der Waals surface area contributed by atoms with Gasteiger partial charge in [0, 0.05) is 24.8 Å². The largest absolute Gasteiger partial charge is 0.347 e. The predicted octanol–water partition coefficient (Wildman–Crippen LogP) is 2.97. The second-order valence-corrected chi connectivity index (χ2v) is 6.46. The number of carbonyl (C=O) groups is 1. The number of rotatable bonds is 3. The van der Waals surface area contributed by atoms with Crippen LogP contribution in [0, 0.1) is 27.7 Å². The van der Waals surface area contributed by atoms with E-state index >= 15 is 0 Å². The lowest BCUT2D eigenvalue weighted by Crippen LogP contribution is -2.38. The van der Waals surface area contributed by atoms with Gasteiger partial charge in [-0.05, 0) is 45.2 Å². The van der Waals surface area contributed by atoms with Crippen molar-refractivity contribution >= 4 is 17.4 Å². The molecule has 0 bridgehead atoms. The smallest absolute Gasteiger partial charge is 0.243 e. The minimum Gasteiger partial charge on any atom is -0.347 e. The summed E-state index contributed by atoms with van der Waals surface area (Å²) in [6.45, 7) is 10.3. The van der Waals surface area contributed by atoms with Gasteiger partial charge in [-0.15, -0.1) is 0 Å². The first-order valence-electron chi connectivity index (χ1n) is 8.11. The summed E-state index contributed by atoms with van der Waals surface area (Å²) in [6, 6.07) is 6.25. The summed E-state index contributed by atoms with van der Waals surface area (Å²) in [5.41, 5.74) is 5.36. The van der Waals surface area contributed by atoms with E-state index in [0.717, 1.165) is 47.8 Å². The number of amides is 1. The van der Waals surface area contributed by atoms with E-state index in [1.807, 2.05) is 25.5 Å². The van der Waals surface area contributed by atoms with Crippen LogP contribution in [0.3, 0.4) is 0 Å². The first kappa shape index (κ1) is 15.6. The van der Waals surface area contributed by atoms with Crippen LogP contribution >= 0.6 is 0 Å². The Hall–Kier alpha value is -2.30. The zero-order valence-electron chi connectivity index (χ0n) is 14.3. The molecule has 2 heterocycles. The molecule has 3 rings (SSSR count). The fourth-order valence-corrected chi connectivity index (χ4v) is 3.37. The van der Waals surface area contributed by atoms with Crippen molar-refractivity contribution in [1.29, 1.82) is 0 Å². The van der Waals surface area contributed by atoms with Crippen LogP contribution in [0.15, 0.2) is 18.2 Å². The molecule has 1 aliphatic heterocycles. The number of hydrogen-bond donors (Lipinski definition) is 1. The number of nitrogens with zero attached hydrogens (tertiary/aromatic N) is 3. The summed E-state index contributed by atoms with van der Waals surface area (Å²) in [6.07, 6.45) is 1.02. The lowest BCUT2D eigenvalue weighted by Gasteiger charge is -2.29. The number of aromatic nitrogens is 2. The average Bonchev–Trinajstić information content (AvgIpc) is 2.84. The normalized spacial score (nSPS) is 13.8. The van der Waals surface area contributed by atoms with Crippen LogP contribution in [-0.2, 0) is 11.3 Å². The van der Waals surface area contributed by atoms with E-state index in [9.17, 15) is 4.79 Å². The van der Waals surface area contributed by atoms with Gasteiger partial charge in [-0.3, -0.25) is 4.79 Å². The maximum absolute atomic E-state index is 12.5. The Morgan fingerprint density at radius 1 is 1.13 bits per heavy atom. The Bertz CT molecular complexity index is 724. The number of carbonyl (C=O) groups excluding carboxylic acids is 1. The van der Waals surface area contributed by atoms with Gasteiger partial charge in [-0.1, -0.05) is 17.7 Å². The molecule has 0 fully saturated rings.